The van der Waals surface area contributed by atoms with Crippen LogP contribution in [0.3, 0.4) is 0 Å². The lowest BCUT2D eigenvalue weighted by molar-refractivity contribution is 0.523. The third-order valence-electron chi connectivity index (χ3n) is 2.69. The van der Waals surface area contributed by atoms with E-state index in [0.717, 1.165) is 17.8 Å². The van der Waals surface area contributed by atoms with E-state index in [-0.39, 0.29) is 0 Å². The molecule has 0 aromatic rings. The molecule has 0 radical (unpaired) electrons. The van der Waals surface area contributed by atoms with Crippen LogP contribution in [-0.4, -0.2) is 3.42 Å². The molecule has 1 heteroatoms. The fourth-order valence-electron chi connectivity index (χ4n) is 1.95. The fourth-order valence-corrected chi connectivity index (χ4v) is 3.42. The lowest BCUT2D eigenvalue weighted by atomic mass is 10.1. The molecule has 0 amide bonds. The lowest BCUT2D eigenvalue weighted by Crippen LogP contribution is -1.99. The number of alkyl halides is 1. The highest BCUT2D eigenvalue weighted by Crippen LogP contribution is 2.60. The summed E-state index contributed by atoms with van der Waals surface area (Å²) >= 11 is 2.59. The van der Waals surface area contributed by atoms with Gasteiger partial charge in [-0.1, -0.05) is 43.4 Å². The highest BCUT2D eigenvalue weighted by molar-refractivity contribution is 14.1. The van der Waals surface area contributed by atoms with E-state index in [9.17, 15) is 0 Å². The third-order valence-corrected chi connectivity index (χ3v) is 4.39. The minimum absolute atomic E-state index is 0.617. The minimum Gasteiger partial charge on any atom is -0.0785 e. The van der Waals surface area contributed by atoms with Gasteiger partial charge in [0.15, 0.2) is 0 Å². The highest BCUT2D eigenvalue weighted by atomic mass is 127. The molecule has 0 aromatic carbocycles. The maximum absolute atomic E-state index is 2.59. The van der Waals surface area contributed by atoms with Gasteiger partial charge in [0.05, 0.1) is 0 Å². The molecule has 0 bridgehead atoms. The van der Waals surface area contributed by atoms with Crippen molar-refractivity contribution in [3.63, 3.8) is 0 Å². The number of hydrogen-bond acceptors (Lipinski definition) is 0. The third kappa shape index (κ3) is 1.13. The minimum atomic E-state index is 0.617. The Bertz CT molecular complexity index is 116. The van der Waals surface area contributed by atoms with E-state index in [1.54, 1.807) is 0 Å². The van der Waals surface area contributed by atoms with E-state index < -0.39 is 0 Å². The Kier molecular flexibility index (Phi) is 1.83. The first kappa shape index (κ1) is 7.83. The zero-order valence-corrected chi connectivity index (χ0v) is 8.77. The number of rotatable bonds is 1. The van der Waals surface area contributed by atoms with Crippen molar-refractivity contribution in [2.75, 3.05) is 0 Å². The maximum atomic E-state index is 2.59. The average Bonchev–Trinajstić information content (AvgIpc) is 2.07. The van der Waals surface area contributed by atoms with Gasteiger partial charge in [0.2, 0.25) is 0 Å². The van der Waals surface area contributed by atoms with Gasteiger partial charge in [-0.15, -0.1) is 0 Å². The van der Waals surface area contributed by atoms with E-state index >= 15 is 0 Å². The predicted molar refractivity (Wildman–Crippen MR) is 49.9 cm³/mol. The quantitative estimate of drug-likeness (QED) is 0.486. The van der Waals surface area contributed by atoms with Crippen molar-refractivity contribution in [2.45, 2.75) is 31.1 Å². The number of halogens is 1. The Morgan fingerprint density at radius 2 is 1.78 bits per heavy atom. The summed E-state index contributed by atoms with van der Waals surface area (Å²) in [6.07, 6.45) is 0. The van der Waals surface area contributed by atoms with Crippen molar-refractivity contribution in [2.24, 2.45) is 17.8 Å². The topological polar surface area (TPSA) is 0 Å². The molecule has 3 atom stereocenters. The molecule has 9 heavy (non-hydrogen) atoms. The molecule has 0 nitrogen and oxygen atoms in total. The van der Waals surface area contributed by atoms with Gasteiger partial charge in [-0.2, -0.15) is 0 Å². The Morgan fingerprint density at radius 1 is 1.44 bits per heavy atom. The first-order valence-corrected chi connectivity index (χ1v) is 4.74. The Hall–Kier alpha value is 0.730. The fraction of sp³-hybridized carbons (Fsp3) is 1.00. The molecular formula is C8H15I. The van der Waals surface area contributed by atoms with Gasteiger partial charge in [0.25, 0.3) is 0 Å². The molecule has 0 heterocycles. The Labute approximate surface area is 71.5 Å². The summed E-state index contributed by atoms with van der Waals surface area (Å²) in [7, 11) is 0. The van der Waals surface area contributed by atoms with Crippen LogP contribution in [-0.2, 0) is 0 Å². The zero-order valence-electron chi connectivity index (χ0n) is 6.61. The van der Waals surface area contributed by atoms with Gasteiger partial charge < -0.3 is 0 Å². The molecule has 1 rings (SSSR count). The predicted octanol–water partition coefficient (Wildman–Crippen LogP) is 3.10. The molecule has 0 N–H and O–H groups in total. The van der Waals surface area contributed by atoms with E-state index in [2.05, 4.69) is 50.3 Å². The van der Waals surface area contributed by atoms with Crippen LogP contribution in [0.4, 0.5) is 0 Å². The van der Waals surface area contributed by atoms with Crippen LogP contribution in [0, 0.1) is 17.8 Å². The van der Waals surface area contributed by atoms with Gasteiger partial charge in [0, 0.05) is 3.42 Å². The van der Waals surface area contributed by atoms with Crippen molar-refractivity contribution in [1.82, 2.24) is 0 Å². The highest BCUT2D eigenvalue weighted by Gasteiger charge is 2.57. The maximum Gasteiger partial charge on any atom is 0.0256 e. The van der Waals surface area contributed by atoms with Crippen LogP contribution >= 0.6 is 22.6 Å². The van der Waals surface area contributed by atoms with E-state index in [0.29, 0.717) is 3.42 Å². The standard InChI is InChI=1S/C8H15I/c1-5(2)7-6(3)8(7,4)9/h5-7H,1-4H3/t6-,7+,8-/m1/s1. The van der Waals surface area contributed by atoms with Crippen molar-refractivity contribution in [3.05, 3.63) is 0 Å². The SMILES string of the molecule is CC(C)[C@H]1[C@@H](C)[C@@]1(C)I. The van der Waals surface area contributed by atoms with Gasteiger partial charge >= 0.3 is 0 Å². The molecule has 54 valence electrons. The van der Waals surface area contributed by atoms with Crippen LogP contribution in [0.2, 0.25) is 0 Å². The summed E-state index contributed by atoms with van der Waals surface area (Å²) in [5.74, 6) is 2.79. The summed E-state index contributed by atoms with van der Waals surface area (Å²) in [6.45, 7) is 9.37. The molecule has 1 aliphatic carbocycles. The van der Waals surface area contributed by atoms with Crippen LogP contribution in [0.5, 0.6) is 0 Å². The Balaban J connectivity index is 2.52. The van der Waals surface area contributed by atoms with Gasteiger partial charge in [-0.3, -0.25) is 0 Å². The van der Waals surface area contributed by atoms with E-state index in [1.165, 1.54) is 0 Å². The van der Waals surface area contributed by atoms with E-state index in [4.69, 9.17) is 0 Å². The smallest absolute Gasteiger partial charge is 0.0256 e. The molecule has 1 aliphatic rings. The first-order valence-electron chi connectivity index (χ1n) is 3.67. The van der Waals surface area contributed by atoms with Crippen LogP contribution in [0.15, 0.2) is 0 Å². The summed E-state index contributed by atoms with van der Waals surface area (Å²) in [5.41, 5.74) is 0. The molecule has 0 spiro atoms. The van der Waals surface area contributed by atoms with Gasteiger partial charge in [-0.25, -0.2) is 0 Å². The van der Waals surface area contributed by atoms with Crippen molar-refractivity contribution < 1.29 is 0 Å². The summed E-state index contributed by atoms with van der Waals surface area (Å²) < 4.78 is 0.617. The molecule has 0 aromatic heterocycles. The van der Waals surface area contributed by atoms with Crippen LogP contribution < -0.4 is 0 Å². The Morgan fingerprint density at radius 3 is 1.78 bits per heavy atom. The summed E-state index contributed by atoms with van der Waals surface area (Å²) in [4.78, 5) is 0. The van der Waals surface area contributed by atoms with Crippen LogP contribution in [0.25, 0.3) is 0 Å². The van der Waals surface area contributed by atoms with Gasteiger partial charge in [-0.05, 0) is 24.7 Å². The van der Waals surface area contributed by atoms with E-state index in [1.807, 2.05) is 0 Å². The van der Waals surface area contributed by atoms with Crippen molar-refractivity contribution in [3.8, 4) is 0 Å². The summed E-state index contributed by atoms with van der Waals surface area (Å²) in [5, 5.41) is 0. The second-order valence-electron chi connectivity index (χ2n) is 3.71. The molecule has 0 saturated heterocycles. The monoisotopic (exact) mass is 238 g/mol. The lowest BCUT2D eigenvalue weighted by Gasteiger charge is -2.03. The second kappa shape index (κ2) is 2.11. The summed E-state index contributed by atoms with van der Waals surface area (Å²) in [6, 6.07) is 0. The van der Waals surface area contributed by atoms with Gasteiger partial charge in [0.1, 0.15) is 0 Å². The molecule has 0 aliphatic heterocycles. The first-order chi connectivity index (χ1) is 3.98. The number of hydrogen-bond donors (Lipinski definition) is 0. The molecular weight excluding hydrogens is 223 g/mol. The molecule has 1 fully saturated rings. The average molecular weight is 238 g/mol. The second-order valence-corrected chi connectivity index (χ2v) is 6.03. The molecule has 1 saturated carbocycles. The zero-order chi connectivity index (χ0) is 7.23. The largest absolute Gasteiger partial charge is 0.0785 e. The molecule has 0 unspecified atom stereocenters. The van der Waals surface area contributed by atoms with Crippen molar-refractivity contribution >= 4 is 22.6 Å². The van der Waals surface area contributed by atoms with Crippen LogP contribution in [0.1, 0.15) is 27.7 Å². The van der Waals surface area contributed by atoms with Crippen molar-refractivity contribution in [1.29, 1.82) is 0 Å². The normalized spacial score (nSPS) is 50.0.